The lowest BCUT2D eigenvalue weighted by atomic mass is 10.1. The first-order valence-corrected chi connectivity index (χ1v) is 6.88. The van der Waals surface area contributed by atoms with E-state index >= 15 is 0 Å². The van der Waals surface area contributed by atoms with Crippen LogP contribution in [-0.2, 0) is 0 Å². The molecule has 2 aromatic carbocycles. The van der Waals surface area contributed by atoms with Gasteiger partial charge in [0, 0.05) is 18.8 Å². The van der Waals surface area contributed by atoms with Crippen LogP contribution in [-0.4, -0.2) is 13.1 Å². The van der Waals surface area contributed by atoms with Crippen LogP contribution in [0, 0.1) is 11.3 Å². The molecule has 98 valence electrons. The van der Waals surface area contributed by atoms with Gasteiger partial charge in [0.1, 0.15) is 0 Å². The number of nitriles is 1. The molecule has 0 aromatic heterocycles. The van der Waals surface area contributed by atoms with Crippen LogP contribution in [0.15, 0.2) is 48.5 Å². The predicted octanol–water partition coefficient (Wildman–Crippen LogP) is 3.94. The molecule has 1 heterocycles. The summed E-state index contributed by atoms with van der Waals surface area (Å²) in [5.74, 6) is 0. The fraction of sp³-hybridized carbons (Fsp3) is 0.167. The summed E-state index contributed by atoms with van der Waals surface area (Å²) in [5, 5.41) is 8.76. The number of nitrogens with zero attached hydrogens (tertiary/aromatic N) is 2. The lowest BCUT2D eigenvalue weighted by Gasteiger charge is -2.33. The van der Waals surface area contributed by atoms with Crippen molar-refractivity contribution in [2.45, 2.75) is 6.42 Å². The summed E-state index contributed by atoms with van der Waals surface area (Å²) in [7, 11) is 0. The Bertz CT molecular complexity index is 641. The monoisotopic (exact) mass is 260 g/mol. The van der Waals surface area contributed by atoms with E-state index in [0.717, 1.165) is 5.56 Å². The van der Waals surface area contributed by atoms with Gasteiger partial charge < -0.3 is 4.90 Å². The lowest BCUT2D eigenvalue weighted by Crippen LogP contribution is -2.36. The van der Waals surface area contributed by atoms with Crippen LogP contribution in [0.4, 0.5) is 5.69 Å². The first-order chi connectivity index (χ1) is 9.85. The van der Waals surface area contributed by atoms with Gasteiger partial charge in [0.2, 0.25) is 0 Å². The Labute approximate surface area is 119 Å². The molecule has 0 radical (unpaired) electrons. The molecule has 0 amide bonds. The van der Waals surface area contributed by atoms with Crippen molar-refractivity contribution in [2.24, 2.45) is 0 Å². The Morgan fingerprint density at radius 1 is 0.850 bits per heavy atom. The Hall–Kier alpha value is -2.53. The lowest BCUT2D eigenvalue weighted by molar-refractivity contribution is 0.618. The molecule has 0 aliphatic carbocycles. The molecule has 0 unspecified atom stereocenters. The largest absolute Gasteiger partial charge is 0.371 e. The van der Waals surface area contributed by atoms with Crippen molar-refractivity contribution in [1.82, 2.24) is 0 Å². The molecule has 0 N–H and O–H groups in total. The summed E-state index contributed by atoms with van der Waals surface area (Å²) in [5.41, 5.74) is 4.31. The number of hydrogen-bond donors (Lipinski definition) is 0. The van der Waals surface area contributed by atoms with Gasteiger partial charge in [-0.25, -0.2) is 0 Å². The van der Waals surface area contributed by atoms with Crippen LogP contribution in [0.2, 0.25) is 0 Å². The first-order valence-electron chi connectivity index (χ1n) is 6.88. The zero-order valence-corrected chi connectivity index (χ0v) is 11.3. The van der Waals surface area contributed by atoms with Gasteiger partial charge in [-0.2, -0.15) is 5.26 Å². The second-order valence-corrected chi connectivity index (χ2v) is 5.00. The van der Waals surface area contributed by atoms with Crippen LogP contribution in [0.1, 0.15) is 23.1 Å². The fourth-order valence-electron chi connectivity index (χ4n) is 2.23. The van der Waals surface area contributed by atoms with Gasteiger partial charge in [0.25, 0.3) is 0 Å². The molecule has 1 aliphatic heterocycles. The highest BCUT2D eigenvalue weighted by molar-refractivity contribution is 5.70. The van der Waals surface area contributed by atoms with E-state index in [-0.39, 0.29) is 0 Å². The summed E-state index contributed by atoms with van der Waals surface area (Å²) >= 11 is 0. The topological polar surface area (TPSA) is 27.0 Å². The van der Waals surface area contributed by atoms with Crippen molar-refractivity contribution in [1.29, 1.82) is 5.26 Å². The van der Waals surface area contributed by atoms with E-state index in [1.807, 2.05) is 24.3 Å². The van der Waals surface area contributed by atoms with Gasteiger partial charge in [0.05, 0.1) is 11.6 Å². The minimum Gasteiger partial charge on any atom is -0.371 e. The van der Waals surface area contributed by atoms with Gasteiger partial charge in [-0.3, -0.25) is 0 Å². The van der Waals surface area contributed by atoms with Crippen molar-refractivity contribution < 1.29 is 0 Å². The molecule has 1 saturated heterocycles. The quantitative estimate of drug-likeness (QED) is 0.782. The highest BCUT2D eigenvalue weighted by Crippen LogP contribution is 2.21. The third-order valence-electron chi connectivity index (χ3n) is 3.62. The van der Waals surface area contributed by atoms with Gasteiger partial charge in [-0.15, -0.1) is 0 Å². The van der Waals surface area contributed by atoms with Crippen LogP contribution < -0.4 is 4.90 Å². The zero-order chi connectivity index (χ0) is 13.8. The standard InChI is InChI=1S/C18H16N2/c19-14-17-6-4-15(5-7-17)2-3-16-8-10-18(11-9-16)20-12-1-13-20/h2-11H,1,12-13H2. The molecule has 1 aliphatic rings. The fourth-order valence-corrected chi connectivity index (χ4v) is 2.23. The Balaban J connectivity index is 1.69. The van der Waals surface area contributed by atoms with Crippen LogP contribution in [0.5, 0.6) is 0 Å². The molecule has 1 fully saturated rings. The van der Waals surface area contributed by atoms with Gasteiger partial charge >= 0.3 is 0 Å². The van der Waals surface area contributed by atoms with Crippen LogP contribution >= 0.6 is 0 Å². The predicted molar refractivity (Wildman–Crippen MR) is 83.4 cm³/mol. The molecule has 20 heavy (non-hydrogen) atoms. The van der Waals surface area contributed by atoms with E-state index in [0.29, 0.717) is 5.56 Å². The number of hydrogen-bond acceptors (Lipinski definition) is 2. The molecular weight excluding hydrogens is 244 g/mol. The second-order valence-electron chi connectivity index (χ2n) is 5.00. The molecular formula is C18H16N2. The molecule has 2 nitrogen and oxygen atoms in total. The molecule has 3 rings (SSSR count). The Kier molecular flexibility index (Phi) is 3.52. The van der Waals surface area contributed by atoms with E-state index in [1.54, 1.807) is 0 Å². The van der Waals surface area contributed by atoms with Crippen molar-refractivity contribution in [3.8, 4) is 6.07 Å². The molecule has 0 saturated carbocycles. The molecule has 2 aromatic rings. The minimum atomic E-state index is 0.695. The summed E-state index contributed by atoms with van der Waals surface area (Å²) in [6.07, 6.45) is 5.47. The normalized spacial score (nSPS) is 14.1. The maximum atomic E-state index is 8.76. The molecule has 0 atom stereocenters. The van der Waals surface area contributed by atoms with E-state index < -0.39 is 0 Å². The van der Waals surface area contributed by atoms with E-state index in [2.05, 4.69) is 47.4 Å². The summed E-state index contributed by atoms with van der Waals surface area (Å²) < 4.78 is 0. The zero-order valence-electron chi connectivity index (χ0n) is 11.3. The smallest absolute Gasteiger partial charge is 0.0991 e. The summed E-state index contributed by atoms with van der Waals surface area (Å²) in [4.78, 5) is 2.38. The van der Waals surface area contributed by atoms with Crippen molar-refractivity contribution in [2.75, 3.05) is 18.0 Å². The molecule has 0 bridgehead atoms. The first kappa shape index (κ1) is 12.5. The van der Waals surface area contributed by atoms with Gasteiger partial charge in [-0.05, 0) is 41.8 Å². The van der Waals surface area contributed by atoms with Crippen molar-refractivity contribution >= 4 is 17.8 Å². The van der Waals surface area contributed by atoms with E-state index in [4.69, 9.17) is 5.26 Å². The maximum Gasteiger partial charge on any atom is 0.0991 e. The Morgan fingerprint density at radius 3 is 1.85 bits per heavy atom. The maximum absolute atomic E-state index is 8.76. The second kappa shape index (κ2) is 5.63. The molecule has 0 spiro atoms. The van der Waals surface area contributed by atoms with Crippen molar-refractivity contribution in [3.05, 3.63) is 65.2 Å². The summed E-state index contributed by atoms with van der Waals surface area (Å²) in [6, 6.07) is 18.4. The van der Waals surface area contributed by atoms with Crippen LogP contribution in [0.25, 0.3) is 12.2 Å². The third-order valence-corrected chi connectivity index (χ3v) is 3.62. The number of anilines is 1. The highest BCUT2D eigenvalue weighted by atomic mass is 15.2. The third kappa shape index (κ3) is 2.73. The number of benzene rings is 2. The van der Waals surface area contributed by atoms with Gasteiger partial charge in [-0.1, -0.05) is 36.4 Å². The number of rotatable bonds is 3. The SMILES string of the molecule is N#Cc1ccc(C=Cc2ccc(N3CCC3)cc2)cc1. The molecule has 2 heteroatoms. The minimum absolute atomic E-state index is 0.695. The van der Waals surface area contributed by atoms with Crippen molar-refractivity contribution in [3.63, 3.8) is 0 Å². The van der Waals surface area contributed by atoms with Gasteiger partial charge in [0.15, 0.2) is 0 Å². The highest BCUT2D eigenvalue weighted by Gasteiger charge is 2.13. The Morgan fingerprint density at radius 2 is 1.40 bits per heavy atom. The average molecular weight is 260 g/mol. The van der Waals surface area contributed by atoms with Crippen LogP contribution in [0.3, 0.4) is 0 Å². The van der Waals surface area contributed by atoms with E-state index in [1.165, 1.54) is 30.8 Å². The summed E-state index contributed by atoms with van der Waals surface area (Å²) in [6.45, 7) is 2.36. The average Bonchev–Trinajstić information content (AvgIpc) is 2.45. The van der Waals surface area contributed by atoms with E-state index in [9.17, 15) is 0 Å².